The number of hydrogen-bond donors (Lipinski definition) is 1. The van der Waals surface area contributed by atoms with E-state index in [1.54, 1.807) is 0 Å². The highest BCUT2D eigenvalue weighted by molar-refractivity contribution is 5.96. The molecule has 0 radical (unpaired) electrons. The molecule has 34 heavy (non-hydrogen) atoms. The second-order valence-electron chi connectivity index (χ2n) is 8.88. The Hall–Kier alpha value is -3.15. The standard InChI is InChI=1S/C29H35N3O2/c1-24-11-8-14-26-21-30-17-9-18-31(22-25-12-4-2-5-13-25)19-10-20-32(29(24)26)28(33)23-34-27-15-6-3-7-16-27/h2-8,11-16,30H,9-10,17-23H2,1H3. The van der Waals surface area contributed by atoms with Crippen LogP contribution in [0.4, 0.5) is 5.69 Å². The van der Waals surface area contributed by atoms with Gasteiger partial charge in [0.15, 0.2) is 6.61 Å². The van der Waals surface area contributed by atoms with Gasteiger partial charge in [0, 0.05) is 26.2 Å². The van der Waals surface area contributed by atoms with Crippen LogP contribution in [0.5, 0.6) is 5.75 Å². The number of carbonyl (C=O) groups is 1. The molecule has 5 heteroatoms. The number of amides is 1. The Balaban J connectivity index is 1.52. The molecule has 0 spiro atoms. The molecule has 0 saturated heterocycles. The molecule has 0 fully saturated rings. The van der Waals surface area contributed by atoms with E-state index in [-0.39, 0.29) is 12.5 Å². The first-order valence-corrected chi connectivity index (χ1v) is 12.2. The van der Waals surface area contributed by atoms with Crippen LogP contribution >= 0.6 is 0 Å². The lowest BCUT2D eigenvalue weighted by atomic mass is 10.1. The molecule has 1 heterocycles. The molecule has 3 aromatic carbocycles. The van der Waals surface area contributed by atoms with Crippen LogP contribution in [0.15, 0.2) is 78.9 Å². The molecular weight excluding hydrogens is 422 g/mol. The lowest BCUT2D eigenvalue weighted by molar-refractivity contribution is -0.120. The maximum atomic E-state index is 13.4. The van der Waals surface area contributed by atoms with E-state index in [9.17, 15) is 4.79 Å². The number of nitrogens with one attached hydrogen (secondary N) is 1. The molecule has 0 atom stereocenters. The minimum atomic E-state index is -0.00827. The number of aryl methyl sites for hydroxylation is 1. The average Bonchev–Trinajstić information content (AvgIpc) is 2.86. The summed E-state index contributed by atoms with van der Waals surface area (Å²) in [5, 5.41) is 3.59. The number of hydrogen-bond acceptors (Lipinski definition) is 4. The largest absolute Gasteiger partial charge is 0.484 e. The normalized spacial score (nSPS) is 15.6. The van der Waals surface area contributed by atoms with Gasteiger partial charge in [0.1, 0.15) is 5.75 Å². The molecule has 0 unspecified atom stereocenters. The van der Waals surface area contributed by atoms with Crippen molar-refractivity contribution in [3.05, 3.63) is 95.6 Å². The van der Waals surface area contributed by atoms with Gasteiger partial charge in [-0.15, -0.1) is 0 Å². The molecule has 4 rings (SSSR count). The second kappa shape index (κ2) is 12.4. The first kappa shape index (κ1) is 24.0. The zero-order valence-corrected chi connectivity index (χ0v) is 20.1. The Morgan fingerprint density at radius 1 is 0.882 bits per heavy atom. The summed E-state index contributed by atoms with van der Waals surface area (Å²) in [7, 11) is 0. The van der Waals surface area contributed by atoms with Crippen molar-refractivity contribution in [2.45, 2.75) is 32.9 Å². The van der Waals surface area contributed by atoms with Crippen molar-refractivity contribution in [3.63, 3.8) is 0 Å². The van der Waals surface area contributed by atoms with Gasteiger partial charge in [-0.1, -0.05) is 66.7 Å². The summed E-state index contributed by atoms with van der Waals surface area (Å²) in [6, 6.07) is 26.5. The maximum Gasteiger partial charge on any atom is 0.264 e. The zero-order valence-electron chi connectivity index (χ0n) is 20.1. The Labute approximate surface area is 203 Å². The van der Waals surface area contributed by atoms with Crippen LogP contribution in [0.3, 0.4) is 0 Å². The molecule has 1 aliphatic rings. The summed E-state index contributed by atoms with van der Waals surface area (Å²) in [6.45, 7) is 7.39. The molecule has 0 aliphatic carbocycles. The van der Waals surface area contributed by atoms with E-state index in [1.165, 1.54) is 5.56 Å². The first-order chi connectivity index (χ1) is 16.7. The average molecular weight is 458 g/mol. The van der Waals surface area contributed by atoms with Crippen molar-refractivity contribution in [2.75, 3.05) is 37.7 Å². The highest BCUT2D eigenvalue weighted by Crippen LogP contribution is 2.26. The van der Waals surface area contributed by atoms with Gasteiger partial charge in [-0.25, -0.2) is 0 Å². The van der Waals surface area contributed by atoms with Gasteiger partial charge in [-0.2, -0.15) is 0 Å². The van der Waals surface area contributed by atoms with Crippen LogP contribution < -0.4 is 15.0 Å². The van der Waals surface area contributed by atoms with Crippen LogP contribution in [-0.2, 0) is 17.9 Å². The Morgan fingerprint density at radius 2 is 1.62 bits per heavy atom. The van der Waals surface area contributed by atoms with Crippen molar-refractivity contribution in [3.8, 4) is 5.75 Å². The Kier molecular flexibility index (Phi) is 8.71. The van der Waals surface area contributed by atoms with Gasteiger partial charge >= 0.3 is 0 Å². The number of anilines is 1. The third-order valence-corrected chi connectivity index (χ3v) is 6.25. The molecule has 0 aromatic heterocycles. The summed E-state index contributed by atoms with van der Waals surface area (Å²) in [4.78, 5) is 17.9. The monoisotopic (exact) mass is 457 g/mol. The summed E-state index contributed by atoms with van der Waals surface area (Å²) in [5.41, 5.74) is 4.63. The molecule has 0 bridgehead atoms. The molecule has 3 aromatic rings. The van der Waals surface area contributed by atoms with Crippen molar-refractivity contribution >= 4 is 11.6 Å². The summed E-state index contributed by atoms with van der Waals surface area (Å²) in [5.74, 6) is 0.706. The molecule has 1 aliphatic heterocycles. The Bertz CT molecular complexity index is 1040. The van der Waals surface area contributed by atoms with Crippen molar-refractivity contribution in [1.29, 1.82) is 0 Å². The lowest BCUT2D eigenvalue weighted by Gasteiger charge is -2.30. The van der Waals surface area contributed by atoms with E-state index in [2.05, 4.69) is 65.7 Å². The van der Waals surface area contributed by atoms with Crippen molar-refractivity contribution in [2.24, 2.45) is 0 Å². The topological polar surface area (TPSA) is 44.8 Å². The van der Waals surface area contributed by atoms with Crippen LogP contribution in [0, 0.1) is 6.92 Å². The van der Waals surface area contributed by atoms with E-state index < -0.39 is 0 Å². The number of nitrogens with zero attached hydrogens (tertiary/aromatic N) is 2. The lowest BCUT2D eigenvalue weighted by Crippen LogP contribution is -2.39. The number of para-hydroxylation sites is 2. The van der Waals surface area contributed by atoms with Crippen LogP contribution in [0.1, 0.15) is 29.5 Å². The fraction of sp³-hybridized carbons (Fsp3) is 0.345. The number of benzene rings is 3. The molecule has 5 nitrogen and oxygen atoms in total. The highest BCUT2D eigenvalue weighted by Gasteiger charge is 2.22. The van der Waals surface area contributed by atoms with E-state index in [4.69, 9.17) is 4.74 Å². The van der Waals surface area contributed by atoms with Crippen molar-refractivity contribution in [1.82, 2.24) is 10.2 Å². The predicted molar refractivity (Wildman–Crippen MR) is 138 cm³/mol. The predicted octanol–water partition coefficient (Wildman–Crippen LogP) is 4.79. The molecular formula is C29H35N3O2. The van der Waals surface area contributed by atoms with Gasteiger partial charge in [-0.05, 0) is 61.7 Å². The fourth-order valence-corrected chi connectivity index (χ4v) is 4.56. The SMILES string of the molecule is Cc1cccc2c1N(C(=O)COc1ccccc1)CCCN(Cc1ccccc1)CCCNC2. The summed E-state index contributed by atoms with van der Waals surface area (Å²) < 4.78 is 5.83. The Morgan fingerprint density at radius 3 is 2.41 bits per heavy atom. The number of carbonyl (C=O) groups excluding carboxylic acids is 1. The second-order valence-corrected chi connectivity index (χ2v) is 8.88. The fourth-order valence-electron chi connectivity index (χ4n) is 4.56. The smallest absolute Gasteiger partial charge is 0.264 e. The minimum Gasteiger partial charge on any atom is -0.484 e. The first-order valence-electron chi connectivity index (χ1n) is 12.2. The van der Waals surface area contributed by atoms with Crippen LogP contribution in [0.25, 0.3) is 0 Å². The number of fused-ring (bicyclic) bond motifs is 1. The number of rotatable bonds is 5. The van der Waals surface area contributed by atoms with E-state index >= 15 is 0 Å². The van der Waals surface area contributed by atoms with Crippen LogP contribution in [0.2, 0.25) is 0 Å². The maximum absolute atomic E-state index is 13.4. The quantitative estimate of drug-likeness (QED) is 0.598. The molecule has 1 amide bonds. The van der Waals surface area contributed by atoms with Gasteiger partial charge in [-0.3, -0.25) is 9.69 Å². The van der Waals surface area contributed by atoms with Crippen molar-refractivity contribution < 1.29 is 9.53 Å². The van der Waals surface area contributed by atoms with E-state index in [0.29, 0.717) is 12.3 Å². The van der Waals surface area contributed by atoms with Gasteiger partial charge in [0.2, 0.25) is 0 Å². The van der Waals surface area contributed by atoms with Crippen LogP contribution in [-0.4, -0.2) is 43.6 Å². The minimum absolute atomic E-state index is 0.00827. The highest BCUT2D eigenvalue weighted by atomic mass is 16.5. The zero-order chi connectivity index (χ0) is 23.6. The van der Waals surface area contributed by atoms with E-state index in [1.807, 2.05) is 35.2 Å². The molecule has 0 saturated carbocycles. The number of ether oxygens (including phenoxy) is 1. The molecule has 1 N–H and O–H groups in total. The third kappa shape index (κ3) is 6.69. The van der Waals surface area contributed by atoms with Gasteiger partial charge in [0.05, 0.1) is 5.69 Å². The van der Waals surface area contributed by atoms with Gasteiger partial charge < -0.3 is 15.0 Å². The summed E-state index contributed by atoms with van der Waals surface area (Å²) >= 11 is 0. The summed E-state index contributed by atoms with van der Waals surface area (Å²) in [6.07, 6.45) is 2.01. The van der Waals surface area contributed by atoms with E-state index in [0.717, 1.165) is 62.4 Å². The molecule has 178 valence electrons. The third-order valence-electron chi connectivity index (χ3n) is 6.25. The van der Waals surface area contributed by atoms with Gasteiger partial charge in [0.25, 0.3) is 5.91 Å².